The topological polar surface area (TPSA) is 56.3 Å². The van der Waals surface area contributed by atoms with Gasteiger partial charge in [-0.15, -0.1) is 0 Å². The minimum absolute atomic E-state index is 0.452. The number of nitrogens with one attached hydrogen (secondary N) is 1. The summed E-state index contributed by atoms with van der Waals surface area (Å²) in [5.74, 6) is 2.29. The number of nitrogens with zero attached hydrogens (tertiary/aromatic N) is 2. The van der Waals surface area contributed by atoms with Gasteiger partial charge in [-0.05, 0) is 24.1 Å². The average molecular weight is 287 g/mol. The maximum atomic E-state index is 5.87. The van der Waals surface area contributed by atoms with Crippen molar-refractivity contribution in [2.75, 3.05) is 19.5 Å². The number of rotatable bonds is 7. The number of methoxy groups -OCH3 is 1. The average Bonchev–Trinajstić information content (AvgIpc) is 2.54. The molecule has 0 fully saturated rings. The molecule has 0 aliphatic carbocycles. The second-order valence-corrected chi connectivity index (χ2v) is 4.65. The van der Waals surface area contributed by atoms with Crippen LogP contribution in [-0.4, -0.2) is 24.1 Å². The molecule has 5 heteroatoms. The maximum absolute atomic E-state index is 5.87. The molecule has 1 aromatic carbocycles. The number of aromatic nitrogens is 2. The zero-order valence-corrected chi connectivity index (χ0v) is 12.7. The molecule has 0 amide bonds. The van der Waals surface area contributed by atoms with Crippen LogP contribution in [0.4, 0.5) is 5.82 Å². The SMILES string of the molecule is CCCc1c(NC)ncnc1OCc1cccc(OC)c1. The molecule has 1 heterocycles. The Hall–Kier alpha value is -2.30. The van der Waals surface area contributed by atoms with E-state index in [1.807, 2.05) is 31.3 Å². The van der Waals surface area contributed by atoms with Gasteiger partial charge < -0.3 is 14.8 Å². The van der Waals surface area contributed by atoms with Gasteiger partial charge in [-0.3, -0.25) is 0 Å². The van der Waals surface area contributed by atoms with Crippen LogP contribution in [0.15, 0.2) is 30.6 Å². The molecule has 2 rings (SSSR count). The van der Waals surface area contributed by atoms with Gasteiger partial charge in [0.25, 0.3) is 0 Å². The molecule has 2 aromatic rings. The fourth-order valence-corrected chi connectivity index (χ4v) is 2.13. The summed E-state index contributed by atoms with van der Waals surface area (Å²) in [5.41, 5.74) is 2.06. The van der Waals surface area contributed by atoms with Crippen LogP contribution in [0.25, 0.3) is 0 Å². The first-order valence-electron chi connectivity index (χ1n) is 7.05. The summed E-state index contributed by atoms with van der Waals surface area (Å²) in [7, 11) is 3.51. The van der Waals surface area contributed by atoms with E-state index in [0.29, 0.717) is 12.5 Å². The van der Waals surface area contributed by atoms with E-state index in [1.165, 1.54) is 6.33 Å². The minimum atomic E-state index is 0.452. The molecule has 5 nitrogen and oxygen atoms in total. The summed E-state index contributed by atoms with van der Waals surface area (Å²) < 4.78 is 11.1. The number of hydrogen-bond donors (Lipinski definition) is 1. The van der Waals surface area contributed by atoms with E-state index < -0.39 is 0 Å². The Morgan fingerprint density at radius 3 is 2.81 bits per heavy atom. The summed E-state index contributed by atoms with van der Waals surface area (Å²) in [6.45, 7) is 2.58. The van der Waals surface area contributed by atoms with E-state index in [0.717, 1.165) is 35.5 Å². The van der Waals surface area contributed by atoms with Gasteiger partial charge >= 0.3 is 0 Å². The first-order valence-corrected chi connectivity index (χ1v) is 7.05. The van der Waals surface area contributed by atoms with Crippen LogP contribution in [-0.2, 0) is 13.0 Å². The summed E-state index contributed by atoms with van der Waals surface area (Å²) in [4.78, 5) is 8.50. The number of hydrogen-bond acceptors (Lipinski definition) is 5. The van der Waals surface area contributed by atoms with Gasteiger partial charge in [-0.2, -0.15) is 0 Å². The number of ether oxygens (including phenoxy) is 2. The highest BCUT2D eigenvalue weighted by molar-refractivity contribution is 5.48. The van der Waals surface area contributed by atoms with E-state index in [4.69, 9.17) is 9.47 Å². The summed E-state index contributed by atoms with van der Waals surface area (Å²) in [6, 6.07) is 7.82. The molecule has 0 unspecified atom stereocenters. The molecule has 0 atom stereocenters. The molecule has 0 saturated heterocycles. The molecule has 0 saturated carbocycles. The second-order valence-electron chi connectivity index (χ2n) is 4.65. The highest BCUT2D eigenvalue weighted by Crippen LogP contribution is 2.24. The Kier molecular flexibility index (Phi) is 5.37. The normalized spacial score (nSPS) is 10.2. The molecular weight excluding hydrogens is 266 g/mol. The van der Waals surface area contributed by atoms with Gasteiger partial charge in [0.1, 0.15) is 24.5 Å². The third-order valence-corrected chi connectivity index (χ3v) is 3.15. The van der Waals surface area contributed by atoms with Crippen LogP contribution in [0.2, 0.25) is 0 Å². The lowest BCUT2D eigenvalue weighted by Crippen LogP contribution is -2.06. The smallest absolute Gasteiger partial charge is 0.222 e. The minimum Gasteiger partial charge on any atom is -0.497 e. The number of benzene rings is 1. The van der Waals surface area contributed by atoms with Crippen molar-refractivity contribution in [1.82, 2.24) is 9.97 Å². The monoisotopic (exact) mass is 287 g/mol. The van der Waals surface area contributed by atoms with Gasteiger partial charge in [0.15, 0.2) is 0 Å². The fraction of sp³-hybridized carbons (Fsp3) is 0.375. The van der Waals surface area contributed by atoms with Crippen molar-refractivity contribution in [1.29, 1.82) is 0 Å². The largest absolute Gasteiger partial charge is 0.497 e. The first-order chi connectivity index (χ1) is 10.3. The highest BCUT2D eigenvalue weighted by atomic mass is 16.5. The van der Waals surface area contributed by atoms with Gasteiger partial charge in [0.2, 0.25) is 5.88 Å². The van der Waals surface area contributed by atoms with E-state index >= 15 is 0 Å². The van der Waals surface area contributed by atoms with Crippen molar-refractivity contribution in [3.05, 3.63) is 41.7 Å². The molecule has 112 valence electrons. The van der Waals surface area contributed by atoms with E-state index in [-0.39, 0.29) is 0 Å². The van der Waals surface area contributed by atoms with Crippen molar-refractivity contribution in [3.8, 4) is 11.6 Å². The van der Waals surface area contributed by atoms with Crippen molar-refractivity contribution in [2.24, 2.45) is 0 Å². The highest BCUT2D eigenvalue weighted by Gasteiger charge is 2.11. The van der Waals surface area contributed by atoms with Crippen LogP contribution in [0.5, 0.6) is 11.6 Å². The van der Waals surface area contributed by atoms with E-state index in [2.05, 4.69) is 22.2 Å². The molecule has 1 aromatic heterocycles. The molecule has 0 bridgehead atoms. The zero-order chi connectivity index (χ0) is 15.1. The summed E-state index contributed by atoms with van der Waals surface area (Å²) in [5, 5.41) is 3.09. The standard InChI is InChI=1S/C16H21N3O2/c1-4-6-14-15(17-2)18-11-19-16(14)21-10-12-7-5-8-13(9-12)20-3/h5,7-9,11H,4,6,10H2,1-3H3,(H,17,18,19). The molecule has 0 radical (unpaired) electrons. The quantitative estimate of drug-likeness (QED) is 0.848. The van der Waals surface area contributed by atoms with Gasteiger partial charge in [-0.25, -0.2) is 9.97 Å². The Balaban J connectivity index is 2.15. The number of anilines is 1. The van der Waals surface area contributed by atoms with Crippen molar-refractivity contribution in [2.45, 2.75) is 26.4 Å². The lowest BCUT2D eigenvalue weighted by molar-refractivity contribution is 0.289. The molecule has 21 heavy (non-hydrogen) atoms. The zero-order valence-electron chi connectivity index (χ0n) is 12.7. The van der Waals surface area contributed by atoms with E-state index in [9.17, 15) is 0 Å². The third-order valence-electron chi connectivity index (χ3n) is 3.15. The maximum Gasteiger partial charge on any atom is 0.222 e. The van der Waals surface area contributed by atoms with Crippen molar-refractivity contribution < 1.29 is 9.47 Å². The van der Waals surface area contributed by atoms with Crippen molar-refractivity contribution in [3.63, 3.8) is 0 Å². The van der Waals surface area contributed by atoms with Crippen LogP contribution in [0, 0.1) is 0 Å². The van der Waals surface area contributed by atoms with Gasteiger partial charge in [-0.1, -0.05) is 25.5 Å². The predicted molar refractivity (Wildman–Crippen MR) is 82.9 cm³/mol. The van der Waals surface area contributed by atoms with Crippen molar-refractivity contribution >= 4 is 5.82 Å². The first kappa shape index (κ1) is 15.1. The van der Waals surface area contributed by atoms with Crippen LogP contribution >= 0.6 is 0 Å². The Morgan fingerprint density at radius 1 is 1.24 bits per heavy atom. The third kappa shape index (κ3) is 3.84. The van der Waals surface area contributed by atoms with Gasteiger partial charge in [0.05, 0.1) is 12.7 Å². The summed E-state index contributed by atoms with van der Waals surface area (Å²) >= 11 is 0. The molecular formula is C16H21N3O2. The fourth-order valence-electron chi connectivity index (χ4n) is 2.13. The molecule has 0 aliphatic heterocycles. The van der Waals surface area contributed by atoms with E-state index in [1.54, 1.807) is 7.11 Å². The predicted octanol–water partition coefficient (Wildman–Crippen LogP) is 3.06. The Bertz CT molecular complexity index is 587. The van der Waals surface area contributed by atoms with Crippen LogP contribution in [0.3, 0.4) is 0 Å². The lowest BCUT2D eigenvalue weighted by Gasteiger charge is -2.13. The Morgan fingerprint density at radius 2 is 2.10 bits per heavy atom. The van der Waals surface area contributed by atoms with Crippen LogP contribution < -0.4 is 14.8 Å². The van der Waals surface area contributed by atoms with Crippen LogP contribution in [0.1, 0.15) is 24.5 Å². The molecule has 1 N–H and O–H groups in total. The molecule has 0 aliphatic rings. The summed E-state index contributed by atoms with van der Waals surface area (Å²) in [6.07, 6.45) is 3.41. The second kappa shape index (κ2) is 7.47. The lowest BCUT2D eigenvalue weighted by atomic mass is 10.1. The van der Waals surface area contributed by atoms with Gasteiger partial charge in [0, 0.05) is 7.05 Å². The Labute approximate surface area is 125 Å². The molecule has 0 spiro atoms.